The van der Waals surface area contributed by atoms with Gasteiger partial charge in [0.1, 0.15) is 5.82 Å². The highest BCUT2D eigenvalue weighted by Crippen LogP contribution is 2.29. The van der Waals surface area contributed by atoms with Gasteiger partial charge in [0.25, 0.3) is 0 Å². The van der Waals surface area contributed by atoms with E-state index in [2.05, 4.69) is 31.0 Å². The van der Waals surface area contributed by atoms with Crippen LogP contribution in [-0.4, -0.2) is 25.7 Å². The number of hydrogen-bond acceptors (Lipinski definition) is 2. The minimum absolute atomic E-state index is 0.134. The van der Waals surface area contributed by atoms with Crippen LogP contribution in [0.1, 0.15) is 26.3 Å². The molecular weight excluding hydrogens is 227 g/mol. The zero-order valence-corrected chi connectivity index (χ0v) is 11.5. The molecule has 100 valence electrons. The first-order valence-electron chi connectivity index (χ1n) is 6.88. The topological polar surface area (TPSA) is 15.3 Å². The van der Waals surface area contributed by atoms with E-state index in [0.717, 1.165) is 31.7 Å². The Morgan fingerprint density at radius 1 is 1.39 bits per heavy atom. The Labute approximate surface area is 109 Å². The highest BCUT2D eigenvalue weighted by Gasteiger charge is 2.23. The molecule has 3 heteroatoms. The molecule has 1 N–H and O–H groups in total. The van der Waals surface area contributed by atoms with E-state index in [1.807, 2.05) is 6.07 Å². The van der Waals surface area contributed by atoms with Gasteiger partial charge in [-0.15, -0.1) is 0 Å². The summed E-state index contributed by atoms with van der Waals surface area (Å²) in [4.78, 5) is 2.31. The Balaban J connectivity index is 2.10. The number of fused-ring (bicyclic) bond motifs is 1. The Hall–Kier alpha value is -1.09. The lowest BCUT2D eigenvalue weighted by Crippen LogP contribution is -2.43. The summed E-state index contributed by atoms with van der Waals surface area (Å²) in [6.45, 7) is 9.54. The standard InChI is InChI=1S/C15H23FN2/c1-4-17-14(11(2)3)10-18-8-7-12-5-6-13(16)9-15(12)18/h5-6,9,11,14,17H,4,7-8,10H2,1-3H3. The molecule has 1 aliphatic heterocycles. The fourth-order valence-corrected chi connectivity index (χ4v) is 2.62. The third-order valence-corrected chi connectivity index (χ3v) is 3.73. The molecule has 2 nitrogen and oxygen atoms in total. The maximum Gasteiger partial charge on any atom is 0.125 e. The van der Waals surface area contributed by atoms with Gasteiger partial charge >= 0.3 is 0 Å². The Morgan fingerprint density at radius 3 is 2.83 bits per heavy atom. The third-order valence-electron chi connectivity index (χ3n) is 3.73. The molecule has 1 aromatic carbocycles. The maximum atomic E-state index is 13.3. The van der Waals surface area contributed by atoms with E-state index in [4.69, 9.17) is 0 Å². The van der Waals surface area contributed by atoms with Crippen LogP contribution in [0, 0.1) is 11.7 Å². The minimum Gasteiger partial charge on any atom is -0.369 e. The number of anilines is 1. The van der Waals surface area contributed by atoms with Crippen LogP contribution in [0.15, 0.2) is 18.2 Å². The van der Waals surface area contributed by atoms with Crippen molar-refractivity contribution in [2.24, 2.45) is 5.92 Å². The fraction of sp³-hybridized carbons (Fsp3) is 0.600. The first kappa shape index (κ1) is 13.3. The van der Waals surface area contributed by atoms with Gasteiger partial charge in [0, 0.05) is 24.8 Å². The molecule has 0 aromatic heterocycles. The summed E-state index contributed by atoms with van der Waals surface area (Å²) < 4.78 is 13.3. The molecule has 0 spiro atoms. The predicted molar refractivity (Wildman–Crippen MR) is 74.6 cm³/mol. The highest BCUT2D eigenvalue weighted by molar-refractivity contribution is 5.58. The van der Waals surface area contributed by atoms with Crippen molar-refractivity contribution in [1.29, 1.82) is 0 Å². The Kier molecular flexibility index (Phi) is 4.23. The van der Waals surface area contributed by atoms with Crippen molar-refractivity contribution < 1.29 is 4.39 Å². The molecule has 0 aliphatic carbocycles. The van der Waals surface area contributed by atoms with E-state index < -0.39 is 0 Å². The van der Waals surface area contributed by atoms with Crippen LogP contribution >= 0.6 is 0 Å². The minimum atomic E-state index is -0.134. The van der Waals surface area contributed by atoms with Crippen molar-refractivity contribution in [1.82, 2.24) is 5.32 Å². The number of rotatable bonds is 5. The highest BCUT2D eigenvalue weighted by atomic mass is 19.1. The number of halogens is 1. The number of nitrogens with one attached hydrogen (secondary N) is 1. The van der Waals surface area contributed by atoms with Gasteiger partial charge in [-0.05, 0) is 36.6 Å². The normalized spacial score (nSPS) is 16.2. The van der Waals surface area contributed by atoms with E-state index in [0.29, 0.717) is 12.0 Å². The summed E-state index contributed by atoms with van der Waals surface area (Å²) >= 11 is 0. The summed E-state index contributed by atoms with van der Waals surface area (Å²) in [7, 11) is 0. The smallest absolute Gasteiger partial charge is 0.125 e. The van der Waals surface area contributed by atoms with E-state index in [1.165, 1.54) is 5.56 Å². The van der Waals surface area contributed by atoms with E-state index in [9.17, 15) is 4.39 Å². The lowest BCUT2D eigenvalue weighted by molar-refractivity contribution is 0.407. The predicted octanol–water partition coefficient (Wildman–Crippen LogP) is 2.82. The SMILES string of the molecule is CCNC(CN1CCc2ccc(F)cc21)C(C)C. The van der Waals surface area contributed by atoms with E-state index in [-0.39, 0.29) is 5.82 Å². The van der Waals surface area contributed by atoms with Crippen molar-refractivity contribution in [3.63, 3.8) is 0 Å². The summed E-state index contributed by atoms with van der Waals surface area (Å²) in [6.07, 6.45) is 1.03. The van der Waals surface area contributed by atoms with Crippen LogP contribution < -0.4 is 10.2 Å². The summed E-state index contributed by atoms with van der Waals surface area (Å²) in [5.74, 6) is 0.452. The number of hydrogen-bond donors (Lipinski definition) is 1. The van der Waals surface area contributed by atoms with Crippen molar-refractivity contribution in [3.05, 3.63) is 29.6 Å². The largest absolute Gasteiger partial charge is 0.369 e. The third kappa shape index (κ3) is 2.83. The van der Waals surface area contributed by atoms with Crippen molar-refractivity contribution in [2.45, 2.75) is 33.2 Å². The number of likely N-dealkylation sites (N-methyl/N-ethyl adjacent to an activating group) is 1. The average Bonchev–Trinajstić information content (AvgIpc) is 2.71. The van der Waals surface area contributed by atoms with Crippen LogP contribution in [0.2, 0.25) is 0 Å². The lowest BCUT2D eigenvalue weighted by Gasteiger charge is -2.29. The zero-order valence-electron chi connectivity index (χ0n) is 11.5. The molecular formula is C15H23FN2. The van der Waals surface area contributed by atoms with Crippen LogP contribution in [0.3, 0.4) is 0 Å². The molecule has 0 fully saturated rings. The molecule has 1 unspecified atom stereocenters. The van der Waals surface area contributed by atoms with Crippen LogP contribution in [-0.2, 0) is 6.42 Å². The number of nitrogens with zero attached hydrogens (tertiary/aromatic N) is 1. The summed E-state index contributed by atoms with van der Waals surface area (Å²) in [6, 6.07) is 5.62. The first-order chi connectivity index (χ1) is 8.61. The second-order valence-corrected chi connectivity index (χ2v) is 5.38. The molecule has 2 rings (SSSR count). The molecule has 18 heavy (non-hydrogen) atoms. The average molecular weight is 250 g/mol. The molecule has 1 heterocycles. The lowest BCUT2D eigenvalue weighted by atomic mass is 10.0. The van der Waals surface area contributed by atoms with E-state index >= 15 is 0 Å². The molecule has 1 atom stereocenters. The zero-order chi connectivity index (χ0) is 13.1. The monoisotopic (exact) mass is 250 g/mol. The fourth-order valence-electron chi connectivity index (χ4n) is 2.62. The summed E-state index contributed by atoms with van der Waals surface area (Å²) in [5, 5.41) is 3.52. The van der Waals surface area contributed by atoms with Gasteiger partial charge in [-0.3, -0.25) is 0 Å². The van der Waals surface area contributed by atoms with Gasteiger partial charge in [-0.25, -0.2) is 4.39 Å². The number of benzene rings is 1. The van der Waals surface area contributed by atoms with Crippen LogP contribution in [0.4, 0.5) is 10.1 Å². The first-order valence-corrected chi connectivity index (χ1v) is 6.88. The van der Waals surface area contributed by atoms with Crippen molar-refractivity contribution in [2.75, 3.05) is 24.5 Å². The second-order valence-electron chi connectivity index (χ2n) is 5.38. The van der Waals surface area contributed by atoms with Gasteiger partial charge < -0.3 is 10.2 Å². The Morgan fingerprint density at radius 2 is 2.17 bits per heavy atom. The van der Waals surface area contributed by atoms with Gasteiger partial charge in [-0.1, -0.05) is 26.8 Å². The molecule has 0 bridgehead atoms. The van der Waals surface area contributed by atoms with Crippen molar-refractivity contribution >= 4 is 5.69 Å². The molecule has 0 saturated heterocycles. The molecule has 0 radical (unpaired) electrons. The van der Waals surface area contributed by atoms with E-state index in [1.54, 1.807) is 12.1 Å². The Bertz CT molecular complexity index is 403. The molecule has 0 saturated carbocycles. The maximum absolute atomic E-state index is 13.3. The second kappa shape index (κ2) is 5.70. The van der Waals surface area contributed by atoms with Gasteiger partial charge in [-0.2, -0.15) is 0 Å². The quantitative estimate of drug-likeness (QED) is 0.864. The van der Waals surface area contributed by atoms with Gasteiger partial charge in [0.05, 0.1) is 0 Å². The van der Waals surface area contributed by atoms with Crippen molar-refractivity contribution in [3.8, 4) is 0 Å². The molecule has 1 aromatic rings. The van der Waals surface area contributed by atoms with Crippen LogP contribution in [0.5, 0.6) is 0 Å². The van der Waals surface area contributed by atoms with Gasteiger partial charge in [0.2, 0.25) is 0 Å². The summed E-state index contributed by atoms with van der Waals surface area (Å²) in [5.41, 5.74) is 2.36. The van der Waals surface area contributed by atoms with Gasteiger partial charge in [0.15, 0.2) is 0 Å². The molecule has 0 amide bonds. The molecule has 1 aliphatic rings. The van der Waals surface area contributed by atoms with Crippen LogP contribution in [0.25, 0.3) is 0 Å².